The molecule has 0 radical (unpaired) electrons. The van der Waals surface area contributed by atoms with Crippen LogP contribution >= 0.6 is 0 Å². The molecule has 72 valence electrons. The first-order valence-corrected chi connectivity index (χ1v) is 3.42. The van der Waals surface area contributed by atoms with Gasteiger partial charge in [-0.15, -0.1) is 0 Å². The summed E-state index contributed by atoms with van der Waals surface area (Å²) in [5, 5.41) is 9.99. The lowest BCUT2D eigenvalue weighted by Crippen LogP contribution is -1.90. The van der Waals surface area contributed by atoms with Gasteiger partial charge in [0.1, 0.15) is 0 Å². The van der Waals surface area contributed by atoms with Crippen LogP contribution in [0.5, 0.6) is 0 Å². The molecule has 0 amide bonds. The third kappa shape index (κ3) is 4.17. The Labute approximate surface area is 75.1 Å². The van der Waals surface area contributed by atoms with E-state index in [0.717, 1.165) is 12.1 Å². The number of hydrogen-bond acceptors (Lipinski definition) is 3. The number of hydrogen-bond donors (Lipinski definition) is 0. The van der Waals surface area contributed by atoms with Crippen LogP contribution < -0.4 is 0 Å². The highest BCUT2D eigenvalue weighted by Crippen LogP contribution is 2.14. The summed E-state index contributed by atoms with van der Waals surface area (Å²) in [4.78, 5) is 9.23. The van der Waals surface area contributed by atoms with Gasteiger partial charge in [-0.3, -0.25) is 10.1 Å². The topological polar surface area (TPSA) is 52.4 Å². The molecule has 0 aliphatic rings. The predicted molar refractivity (Wildman–Crippen MR) is 46.0 cm³/mol. The number of nitro benzene ring substituents is 1. The minimum Gasteiger partial charge on any atom is -0.388 e. The Bertz CT molecular complexity index is 278. The van der Waals surface area contributed by atoms with Crippen molar-refractivity contribution in [2.75, 3.05) is 14.2 Å². The summed E-state index contributed by atoms with van der Waals surface area (Å²) in [5.74, 6) is -0.799. The van der Waals surface area contributed by atoms with Gasteiger partial charge in [0.05, 0.1) is 4.92 Å². The van der Waals surface area contributed by atoms with Crippen molar-refractivity contribution in [1.29, 1.82) is 0 Å². The van der Waals surface area contributed by atoms with E-state index in [0.29, 0.717) is 0 Å². The molecule has 0 unspecified atom stereocenters. The monoisotopic (exact) mass is 187 g/mol. The van der Waals surface area contributed by atoms with Gasteiger partial charge in [-0.25, -0.2) is 0 Å². The second kappa shape index (κ2) is 6.07. The highest BCUT2D eigenvalue weighted by Gasteiger charge is 2.09. The van der Waals surface area contributed by atoms with Crippen molar-refractivity contribution in [2.24, 2.45) is 0 Å². The van der Waals surface area contributed by atoms with Crippen molar-refractivity contribution < 1.29 is 14.1 Å². The zero-order valence-electron chi connectivity index (χ0n) is 7.36. The largest absolute Gasteiger partial charge is 0.388 e. The van der Waals surface area contributed by atoms with Crippen molar-refractivity contribution in [3.63, 3.8) is 0 Å². The van der Waals surface area contributed by atoms with Gasteiger partial charge in [0.2, 0.25) is 5.82 Å². The first-order valence-electron chi connectivity index (χ1n) is 3.42. The molecule has 0 N–H and O–H groups in total. The molecule has 0 aliphatic carbocycles. The van der Waals surface area contributed by atoms with E-state index in [2.05, 4.69) is 4.74 Å². The molecule has 0 aromatic heterocycles. The molecule has 13 heavy (non-hydrogen) atoms. The molecule has 0 bridgehead atoms. The Morgan fingerprint density at radius 2 is 1.85 bits per heavy atom. The normalized spacial score (nSPS) is 8.54. The number of nitro groups is 1. The molecule has 1 aromatic carbocycles. The van der Waals surface area contributed by atoms with Crippen LogP contribution in [-0.4, -0.2) is 19.1 Å². The maximum atomic E-state index is 12.4. The second-order valence-corrected chi connectivity index (χ2v) is 2.12. The van der Waals surface area contributed by atoms with Crippen LogP contribution in [0, 0.1) is 15.9 Å². The Hall–Kier alpha value is -1.49. The SMILES string of the molecule is COC.O=[N+]([O-])c1ccccc1F. The molecule has 1 aromatic rings. The van der Waals surface area contributed by atoms with Crippen LogP contribution in [0.4, 0.5) is 10.1 Å². The Morgan fingerprint density at radius 1 is 1.38 bits per heavy atom. The van der Waals surface area contributed by atoms with Crippen molar-refractivity contribution in [3.05, 3.63) is 40.2 Å². The minimum absolute atomic E-state index is 0.484. The first kappa shape index (κ1) is 11.5. The van der Waals surface area contributed by atoms with Crippen molar-refractivity contribution in [1.82, 2.24) is 0 Å². The van der Waals surface area contributed by atoms with E-state index >= 15 is 0 Å². The molecule has 0 spiro atoms. The van der Waals surface area contributed by atoms with Crippen LogP contribution in [0.3, 0.4) is 0 Å². The summed E-state index contributed by atoms with van der Waals surface area (Å²) in [6, 6.07) is 5.00. The van der Waals surface area contributed by atoms with Crippen LogP contribution in [0.2, 0.25) is 0 Å². The van der Waals surface area contributed by atoms with Gasteiger partial charge >= 0.3 is 5.69 Å². The Balaban J connectivity index is 0.000000424. The van der Waals surface area contributed by atoms with Crippen LogP contribution in [0.25, 0.3) is 0 Å². The number of nitrogens with zero attached hydrogens (tertiary/aromatic N) is 1. The highest BCUT2D eigenvalue weighted by molar-refractivity contribution is 5.30. The summed E-state index contributed by atoms with van der Waals surface area (Å²) in [6.07, 6.45) is 0. The third-order valence-corrected chi connectivity index (χ3v) is 1.05. The number of methoxy groups -OCH3 is 1. The molecule has 0 atom stereocenters. The maximum Gasteiger partial charge on any atom is 0.304 e. The van der Waals surface area contributed by atoms with Crippen LogP contribution in [0.1, 0.15) is 0 Å². The summed E-state index contributed by atoms with van der Waals surface area (Å²) in [6.45, 7) is 0. The lowest BCUT2D eigenvalue weighted by Gasteiger charge is -1.89. The van der Waals surface area contributed by atoms with Gasteiger partial charge in [-0.1, -0.05) is 12.1 Å². The van der Waals surface area contributed by atoms with Gasteiger partial charge in [-0.05, 0) is 6.07 Å². The summed E-state index contributed by atoms with van der Waals surface area (Å²) < 4.78 is 16.6. The fourth-order valence-corrected chi connectivity index (χ4v) is 0.600. The zero-order valence-corrected chi connectivity index (χ0v) is 7.36. The van der Waals surface area contributed by atoms with E-state index in [1.165, 1.54) is 12.1 Å². The number of ether oxygens (including phenoxy) is 1. The van der Waals surface area contributed by atoms with E-state index in [1.54, 1.807) is 14.2 Å². The zero-order chi connectivity index (χ0) is 10.3. The summed E-state index contributed by atoms with van der Waals surface area (Å²) >= 11 is 0. The van der Waals surface area contributed by atoms with E-state index < -0.39 is 16.4 Å². The Kier molecular flexibility index (Phi) is 5.38. The van der Waals surface area contributed by atoms with E-state index in [1.807, 2.05) is 0 Å². The predicted octanol–water partition coefficient (Wildman–Crippen LogP) is 2.00. The number of halogens is 1. The molecule has 0 aliphatic heterocycles. The third-order valence-electron chi connectivity index (χ3n) is 1.05. The average Bonchev–Trinajstić information content (AvgIpc) is 2.06. The van der Waals surface area contributed by atoms with Crippen molar-refractivity contribution in [3.8, 4) is 0 Å². The van der Waals surface area contributed by atoms with Crippen LogP contribution in [0.15, 0.2) is 24.3 Å². The lowest BCUT2D eigenvalue weighted by molar-refractivity contribution is -0.387. The second-order valence-electron chi connectivity index (χ2n) is 2.12. The standard InChI is InChI=1S/C6H4FNO2.C2H6O/c7-5-3-1-2-4-6(5)8(9)10;1-3-2/h1-4H;1-2H3. The molecule has 5 heteroatoms. The molecule has 0 fully saturated rings. The van der Waals surface area contributed by atoms with Gasteiger partial charge in [0.25, 0.3) is 0 Å². The first-order chi connectivity index (χ1) is 6.13. The van der Waals surface area contributed by atoms with Crippen molar-refractivity contribution in [2.45, 2.75) is 0 Å². The highest BCUT2D eigenvalue weighted by atomic mass is 19.1. The van der Waals surface area contributed by atoms with E-state index in [-0.39, 0.29) is 0 Å². The molecule has 0 heterocycles. The maximum absolute atomic E-state index is 12.4. The molecular weight excluding hydrogens is 177 g/mol. The average molecular weight is 187 g/mol. The van der Waals surface area contributed by atoms with Gasteiger partial charge in [-0.2, -0.15) is 4.39 Å². The Morgan fingerprint density at radius 3 is 2.15 bits per heavy atom. The van der Waals surface area contributed by atoms with Crippen LogP contribution in [-0.2, 0) is 4.74 Å². The lowest BCUT2D eigenvalue weighted by atomic mass is 10.3. The minimum atomic E-state index is -0.799. The van der Waals surface area contributed by atoms with Crippen molar-refractivity contribution >= 4 is 5.69 Å². The summed E-state index contributed by atoms with van der Waals surface area (Å²) in [7, 11) is 3.25. The molecule has 0 saturated carbocycles. The number of benzene rings is 1. The fraction of sp³-hybridized carbons (Fsp3) is 0.250. The van der Waals surface area contributed by atoms with Gasteiger partial charge < -0.3 is 4.74 Å². The quantitative estimate of drug-likeness (QED) is 0.499. The molecule has 1 rings (SSSR count). The summed E-state index contributed by atoms with van der Waals surface area (Å²) in [5.41, 5.74) is -0.484. The van der Waals surface area contributed by atoms with Gasteiger partial charge in [0, 0.05) is 20.3 Å². The molecule has 4 nitrogen and oxygen atoms in total. The van der Waals surface area contributed by atoms with E-state index in [4.69, 9.17) is 0 Å². The van der Waals surface area contributed by atoms with Gasteiger partial charge in [0.15, 0.2) is 0 Å². The smallest absolute Gasteiger partial charge is 0.304 e. The molecule has 0 saturated heterocycles. The number of rotatable bonds is 1. The number of para-hydroxylation sites is 1. The fourth-order valence-electron chi connectivity index (χ4n) is 0.600. The van der Waals surface area contributed by atoms with E-state index in [9.17, 15) is 14.5 Å². The molecular formula is C8H10FNO3.